The van der Waals surface area contributed by atoms with Crippen LogP contribution in [0.25, 0.3) is 10.7 Å². The maximum atomic E-state index is 12.6. The summed E-state index contributed by atoms with van der Waals surface area (Å²) in [5.41, 5.74) is 0.861. The molecule has 1 atom stereocenters. The van der Waals surface area contributed by atoms with Crippen LogP contribution in [0.15, 0.2) is 46.3 Å². The highest BCUT2D eigenvalue weighted by molar-refractivity contribution is 7.13. The molecule has 4 rings (SSSR count). The van der Waals surface area contributed by atoms with Gasteiger partial charge in [0.25, 0.3) is 5.91 Å². The van der Waals surface area contributed by atoms with Crippen molar-refractivity contribution in [3.63, 3.8) is 0 Å². The highest BCUT2D eigenvalue weighted by Gasteiger charge is 2.21. The number of rotatable bonds is 10. The van der Waals surface area contributed by atoms with Crippen LogP contribution in [0, 0.1) is 0 Å². The molecule has 8 nitrogen and oxygen atoms in total. The minimum Gasteiger partial charge on any atom is -0.483 e. The number of hydrogen-bond acceptors (Lipinski definition) is 7. The van der Waals surface area contributed by atoms with E-state index in [2.05, 4.69) is 15.5 Å². The maximum Gasteiger partial charge on any atom is 0.260 e. The Kier molecular flexibility index (Phi) is 7.72. The van der Waals surface area contributed by atoms with Gasteiger partial charge in [0.1, 0.15) is 5.75 Å². The number of amides is 2. The Balaban J connectivity index is 1.32. The Morgan fingerprint density at radius 2 is 2.03 bits per heavy atom. The van der Waals surface area contributed by atoms with Gasteiger partial charge in [-0.3, -0.25) is 9.59 Å². The van der Waals surface area contributed by atoms with Crippen molar-refractivity contribution in [2.75, 3.05) is 19.7 Å². The Morgan fingerprint density at radius 3 is 2.79 bits per heavy atom. The first-order chi connectivity index (χ1) is 16.1. The average molecular weight is 469 g/mol. The second kappa shape index (κ2) is 11.1. The monoisotopic (exact) mass is 468 g/mol. The molecule has 0 saturated carbocycles. The third kappa shape index (κ3) is 5.98. The van der Waals surface area contributed by atoms with Crippen molar-refractivity contribution >= 4 is 23.2 Å². The van der Waals surface area contributed by atoms with Gasteiger partial charge < -0.3 is 19.5 Å². The molecule has 3 heterocycles. The molecule has 1 aliphatic heterocycles. The van der Waals surface area contributed by atoms with Crippen LogP contribution >= 0.6 is 11.3 Å². The summed E-state index contributed by atoms with van der Waals surface area (Å²) in [7, 11) is 0. The first-order valence-electron chi connectivity index (χ1n) is 11.3. The van der Waals surface area contributed by atoms with Crippen molar-refractivity contribution in [2.24, 2.45) is 0 Å². The minimum absolute atomic E-state index is 0.000798. The van der Waals surface area contributed by atoms with E-state index < -0.39 is 0 Å². The zero-order valence-corrected chi connectivity index (χ0v) is 19.5. The van der Waals surface area contributed by atoms with Gasteiger partial charge in [0.15, 0.2) is 6.61 Å². The van der Waals surface area contributed by atoms with Gasteiger partial charge in [-0.15, -0.1) is 11.3 Å². The van der Waals surface area contributed by atoms with E-state index in [1.54, 1.807) is 0 Å². The Hall–Kier alpha value is -3.20. The number of likely N-dealkylation sites (tertiary alicyclic amines) is 1. The number of carbonyl (C=O) groups is 2. The zero-order chi connectivity index (χ0) is 23.0. The van der Waals surface area contributed by atoms with E-state index in [1.807, 2.05) is 53.6 Å². The second-order valence-corrected chi connectivity index (χ2v) is 8.88. The minimum atomic E-state index is -0.222. The van der Waals surface area contributed by atoms with Crippen LogP contribution in [0.2, 0.25) is 0 Å². The van der Waals surface area contributed by atoms with E-state index >= 15 is 0 Å². The SMILES string of the molecule is CCC(NC(=O)CCc1nc(-c2cccs2)no1)c1ccccc1OCC(=O)N1CCCC1. The van der Waals surface area contributed by atoms with E-state index in [9.17, 15) is 9.59 Å². The number of hydrogen-bond donors (Lipinski definition) is 1. The first kappa shape index (κ1) is 23.0. The normalized spacial score (nSPS) is 14.3. The van der Waals surface area contributed by atoms with Crippen LogP contribution in [0.4, 0.5) is 0 Å². The number of ether oxygens (including phenoxy) is 1. The fourth-order valence-corrected chi connectivity index (χ4v) is 4.50. The standard InChI is InChI=1S/C24H28N4O4S/c1-2-18(17-8-3-4-9-19(17)31-16-23(30)28-13-5-6-14-28)25-21(29)11-12-22-26-24(27-32-22)20-10-7-15-33-20/h3-4,7-10,15,18H,2,5-6,11-14,16H2,1H3,(H,25,29). The number of benzene rings is 1. The van der Waals surface area contributed by atoms with Crippen molar-refractivity contribution < 1.29 is 18.8 Å². The van der Waals surface area contributed by atoms with E-state index in [4.69, 9.17) is 9.26 Å². The van der Waals surface area contributed by atoms with Crippen LogP contribution in [0.3, 0.4) is 0 Å². The summed E-state index contributed by atoms with van der Waals surface area (Å²) in [6, 6.07) is 11.2. The van der Waals surface area contributed by atoms with Crippen molar-refractivity contribution in [3.8, 4) is 16.5 Å². The largest absolute Gasteiger partial charge is 0.483 e. The quantitative estimate of drug-likeness (QED) is 0.483. The molecule has 1 aliphatic rings. The number of para-hydroxylation sites is 1. The van der Waals surface area contributed by atoms with E-state index in [0.29, 0.717) is 30.3 Å². The van der Waals surface area contributed by atoms with Gasteiger partial charge in [0, 0.05) is 31.5 Å². The molecule has 174 valence electrons. The molecule has 2 amide bonds. The lowest BCUT2D eigenvalue weighted by molar-refractivity contribution is -0.132. The number of thiophene rings is 1. The molecule has 1 fully saturated rings. The summed E-state index contributed by atoms with van der Waals surface area (Å²) in [6.07, 6.45) is 3.38. The van der Waals surface area contributed by atoms with Gasteiger partial charge in [0.05, 0.1) is 10.9 Å². The van der Waals surface area contributed by atoms with Crippen LogP contribution in [0.1, 0.15) is 50.1 Å². The predicted octanol–water partition coefficient (Wildman–Crippen LogP) is 4.00. The number of nitrogens with one attached hydrogen (secondary N) is 1. The molecule has 2 aromatic heterocycles. The molecule has 1 aromatic carbocycles. The molecule has 33 heavy (non-hydrogen) atoms. The third-order valence-corrected chi connectivity index (χ3v) is 6.49. The third-order valence-electron chi connectivity index (χ3n) is 5.62. The molecule has 3 aromatic rings. The fourth-order valence-electron chi connectivity index (χ4n) is 3.85. The van der Waals surface area contributed by atoms with E-state index in [0.717, 1.165) is 36.4 Å². The summed E-state index contributed by atoms with van der Waals surface area (Å²) in [4.78, 5) is 32.1. The highest BCUT2D eigenvalue weighted by Crippen LogP contribution is 2.28. The number of nitrogens with zero attached hydrogens (tertiary/aromatic N) is 3. The molecular weight excluding hydrogens is 440 g/mol. The number of aryl methyl sites for hydroxylation is 1. The van der Waals surface area contributed by atoms with E-state index in [-0.39, 0.29) is 30.9 Å². The molecule has 0 radical (unpaired) electrons. The van der Waals surface area contributed by atoms with Crippen molar-refractivity contribution in [1.29, 1.82) is 0 Å². The molecule has 1 saturated heterocycles. The van der Waals surface area contributed by atoms with Gasteiger partial charge >= 0.3 is 0 Å². The van der Waals surface area contributed by atoms with Crippen molar-refractivity contribution in [3.05, 3.63) is 53.2 Å². The van der Waals surface area contributed by atoms with Gasteiger partial charge in [-0.2, -0.15) is 4.98 Å². The van der Waals surface area contributed by atoms with E-state index in [1.165, 1.54) is 11.3 Å². The first-order valence-corrected chi connectivity index (χ1v) is 12.2. The fraction of sp³-hybridized carbons (Fsp3) is 0.417. The van der Waals surface area contributed by atoms with Crippen molar-refractivity contribution in [1.82, 2.24) is 20.4 Å². The van der Waals surface area contributed by atoms with Crippen molar-refractivity contribution in [2.45, 2.75) is 45.1 Å². The Labute approximate surface area is 196 Å². The molecule has 1 N–H and O–H groups in total. The zero-order valence-electron chi connectivity index (χ0n) is 18.7. The van der Waals surface area contributed by atoms with Gasteiger partial charge in [-0.05, 0) is 36.8 Å². The summed E-state index contributed by atoms with van der Waals surface area (Å²) < 4.78 is 11.1. The molecule has 0 bridgehead atoms. The lowest BCUT2D eigenvalue weighted by Crippen LogP contribution is -2.32. The number of carbonyl (C=O) groups excluding carboxylic acids is 2. The maximum absolute atomic E-state index is 12.6. The van der Waals surface area contributed by atoms with Crippen LogP contribution in [-0.2, 0) is 16.0 Å². The highest BCUT2D eigenvalue weighted by atomic mass is 32.1. The Bertz CT molecular complexity index is 1060. The van der Waals surface area contributed by atoms with Crippen LogP contribution in [-0.4, -0.2) is 46.6 Å². The Morgan fingerprint density at radius 1 is 1.21 bits per heavy atom. The lowest BCUT2D eigenvalue weighted by Gasteiger charge is -2.21. The molecule has 0 spiro atoms. The van der Waals surface area contributed by atoms with Gasteiger partial charge in [0.2, 0.25) is 17.6 Å². The molecular formula is C24H28N4O4S. The predicted molar refractivity (Wildman–Crippen MR) is 125 cm³/mol. The summed E-state index contributed by atoms with van der Waals surface area (Å²) in [5, 5.41) is 9.00. The summed E-state index contributed by atoms with van der Waals surface area (Å²) >= 11 is 1.54. The lowest BCUT2D eigenvalue weighted by atomic mass is 10.0. The van der Waals surface area contributed by atoms with Crippen LogP contribution in [0.5, 0.6) is 5.75 Å². The molecule has 1 unspecified atom stereocenters. The number of aromatic nitrogens is 2. The smallest absolute Gasteiger partial charge is 0.260 e. The summed E-state index contributed by atoms with van der Waals surface area (Å²) in [6.45, 7) is 3.60. The molecule has 0 aliphatic carbocycles. The van der Waals surface area contributed by atoms with Crippen LogP contribution < -0.4 is 10.1 Å². The molecule has 9 heteroatoms. The van der Waals surface area contributed by atoms with Gasteiger partial charge in [-0.25, -0.2) is 0 Å². The second-order valence-electron chi connectivity index (χ2n) is 7.93. The summed E-state index contributed by atoms with van der Waals surface area (Å²) in [5.74, 6) is 1.49. The van der Waals surface area contributed by atoms with Gasteiger partial charge in [-0.1, -0.05) is 36.3 Å². The topological polar surface area (TPSA) is 97.6 Å². The average Bonchev–Trinajstić information content (AvgIpc) is 3.62.